The molecule has 24 heavy (non-hydrogen) atoms. The monoisotopic (exact) mass is 329 g/mol. The van der Waals surface area contributed by atoms with Crippen molar-refractivity contribution in [3.05, 3.63) is 34.9 Å². The van der Waals surface area contributed by atoms with Crippen LogP contribution < -0.4 is 5.73 Å². The average Bonchev–Trinajstić information content (AvgIpc) is 3.07. The van der Waals surface area contributed by atoms with Gasteiger partial charge in [-0.15, -0.1) is 0 Å². The fraction of sp³-hybridized carbons (Fsp3) is 0.579. The van der Waals surface area contributed by atoms with Crippen LogP contribution in [0.25, 0.3) is 0 Å². The second-order valence-corrected chi connectivity index (χ2v) is 7.07. The molecule has 2 saturated heterocycles. The van der Waals surface area contributed by atoms with Crippen LogP contribution in [0.1, 0.15) is 47.2 Å². The van der Waals surface area contributed by atoms with Crippen LogP contribution in [0.2, 0.25) is 0 Å². The molecule has 5 heteroatoms. The predicted octanol–water partition coefficient (Wildman–Crippen LogP) is 1.86. The van der Waals surface area contributed by atoms with E-state index < -0.39 is 0 Å². The Bertz CT molecular complexity index is 635. The molecule has 0 unspecified atom stereocenters. The minimum atomic E-state index is -0.207. The Morgan fingerprint density at radius 3 is 2.46 bits per heavy atom. The average molecular weight is 329 g/mol. The Morgan fingerprint density at radius 1 is 1.08 bits per heavy atom. The van der Waals surface area contributed by atoms with Crippen molar-refractivity contribution in [2.45, 2.75) is 51.6 Å². The lowest BCUT2D eigenvalue weighted by Gasteiger charge is -2.38. The molecule has 2 amide bonds. The van der Waals surface area contributed by atoms with Crippen molar-refractivity contribution >= 4 is 11.8 Å². The Balaban J connectivity index is 1.64. The third kappa shape index (κ3) is 3.18. The van der Waals surface area contributed by atoms with Gasteiger partial charge in [-0.05, 0) is 63.3 Å². The molecule has 2 aliphatic rings. The zero-order valence-corrected chi connectivity index (χ0v) is 14.6. The zero-order chi connectivity index (χ0) is 17.3. The number of hydrogen-bond donors (Lipinski definition) is 1. The fourth-order valence-corrected chi connectivity index (χ4v) is 4.09. The summed E-state index contributed by atoms with van der Waals surface area (Å²) < 4.78 is 0. The number of nitrogens with two attached hydrogens (primary N) is 1. The second-order valence-electron chi connectivity index (χ2n) is 7.07. The smallest absolute Gasteiger partial charge is 0.254 e. The van der Waals surface area contributed by atoms with Crippen LogP contribution in [0.3, 0.4) is 0 Å². The Labute approximate surface area is 143 Å². The number of carbonyl (C=O) groups excluding carboxylic acids is 2. The van der Waals surface area contributed by atoms with Crippen molar-refractivity contribution in [1.82, 2.24) is 9.80 Å². The Hall–Kier alpha value is -1.88. The summed E-state index contributed by atoms with van der Waals surface area (Å²) in [7, 11) is 0. The van der Waals surface area contributed by atoms with Crippen LogP contribution in [0.4, 0.5) is 0 Å². The normalized spacial score (nSPS) is 22.8. The number of carbonyl (C=O) groups is 2. The molecule has 1 atom stereocenters. The number of hydrogen-bond acceptors (Lipinski definition) is 3. The van der Waals surface area contributed by atoms with Crippen LogP contribution in [-0.4, -0.2) is 53.3 Å². The number of likely N-dealkylation sites (tertiary alicyclic amines) is 2. The number of benzene rings is 1. The van der Waals surface area contributed by atoms with Crippen molar-refractivity contribution in [2.75, 3.05) is 19.6 Å². The summed E-state index contributed by atoms with van der Waals surface area (Å²) in [5.41, 5.74) is 8.56. The van der Waals surface area contributed by atoms with Gasteiger partial charge in [0.2, 0.25) is 5.91 Å². The summed E-state index contributed by atoms with van der Waals surface area (Å²) >= 11 is 0. The topological polar surface area (TPSA) is 66.6 Å². The summed E-state index contributed by atoms with van der Waals surface area (Å²) in [5, 5.41) is 0. The van der Waals surface area contributed by atoms with E-state index in [0.29, 0.717) is 6.04 Å². The molecule has 2 aliphatic heterocycles. The van der Waals surface area contributed by atoms with Gasteiger partial charge in [-0.2, -0.15) is 0 Å². The third-order valence-electron chi connectivity index (χ3n) is 5.68. The Morgan fingerprint density at radius 2 is 1.79 bits per heavy atom. The molecule has 0 bridgehead atoms. The van der Waals surface area contributed by atoms with Crippen molar-refractivity contribution in [3.8, 4) is 0 Å². The van der Waals surface area contributed by atoms with Gasteiger partial charge in [-0.25, -0.2) is 0 Å². The SMILES string of the molecule is Cc1cccc(C(=O)N2CCC(N3CCC[C@@H]3C(N)=O)CC2)c1C. The molecule has 1 aromatic carbocycles. The largest absolute Gasteiger partial charge is 0.368 e. The second kappa shape index (κ2) is 6.93. The van der Waals surface area contributed by atoms with Crippen LogP contribution in [-0.2, 0) is 4.79 Å². The lowest BCUT2D eigenvalue weighted by Crippen LogP contribution is -2.51. The number of nitrogens with zero attached hydrogens (tertiary/aromatic N) is 2. The maximum atomic E-state index is 12.8. The Kier molecular flexibility index (Phi) is 4.90. The molecule has 2 heterocycles. The third-order valence-corrected chi connectivity index (χ3v) is 5.68. The van der Waals surface area contributed by atoms with Crippen LogP contribution in [0.15, 0.2) is 18.2 Å². The molecule has 2 fully saturated rings. The molecule has 1 aromatic rings. The van der Waals surface area contributed by atoms with E-state index in [-0.39, 0.29) is 17.9 Å². The lowest BCUT2D eigenvalue weighted by atomic mass is 9.98. The van der Waals surface area contributed by atoms with Gasteiger partial charge in [0.05, 0.1) is 6.04 Å². The standard InChI is InChI=1S/C19H27N3O2/c1-13-5-3-6-16(14(13)2)19(24)21-11-8-15(9-12-21)22-10-4-7-17(22)18(20)23/h3,5-6,15,17H,4,7-12H2,1-2H3,(H2,20,23)/t17-/m1/s1. The molecule has 0 spiro atoms. The number of primary amides is 1. The molecule has 3 rings (SSSR count). The first kappa shape index (κ1) is 17.0. The van der Waals surface area contributed by atoms with E-state index >= 15 is 0 Å². The summed E-state index contributed by atoms with van der Waals surface area (Å²) in [6.07, 6.45) is 3.74. The van der Waals surface area contributed by atoms with Gasteiger partial charge in [-0.1, -0.05) is 12.1 Å². The number of rotatable bonds is 3. The highest BCUT2D eigenvalue weighted by atomic mass is 16.2. The van der Waals surface area contributed by atoms with Gasteiger partial charge in [0, 0.05) is 24.7 Å². The minimum absolute atomic E-state index is 0.115. The van der Waals surface area contributed by atoms with Crippen LogP contribution in [0.5, 0.6) is 0 Å². The van der Waals surface area contributed by atoms with Crippen LogP contribution >= 0.6 is 0 Å². The maximum Gasteiger partial charge on any atom is 0.254 e. The summed E-state index contributed by atoms with van der Waals surface area (Å²) in [6, 6.07) is 6.16. The van der Waals surface area contributed by atoms with E-state index in [9.17, 15) is 9.59 Å². The molecular weight excluding hydrogens is 302 g/mol. The van der Waals surface area contributed by atoms with E-state index in [0.717, 1.165) is 62.0 Å². The highest BCUT2D eigenvalue weighted by Crippen LogP contribution is 2.27. The highest BCUT2D eigenvalue weighted by molar-refractivity contribution is 5.96. The lowest BCUT2D eigenvalue weighted by molar-refractivity contribution is -0.123. The number of piperidine rings is 1. The van der Waals surface area contributed by atoms with E-state index in [1.54, 1.807) is 0 Å². The van der Waals surface area contributed by atoms with Gasteiger partial charge in [0.25, 0.3) is 5.91 Å². The number of amides is 2. The van der Waals surface area contributed by atoms with E-state index in [1.807, 2.05) is 36.9 Å². The molecular formula is C19H27N3O2. The molecule has 2 N–H and O–H groups in total. The molecule has 0 radical (unpaired) electrons. The molecule has 0 aromatic heterocycles. The molecule has 5 nitrogen and oxygen atoms in total. The van der Waals surface area contributed by atoms with Gasteiger partial charge in [-0.3, -0.25) is 14.5 Å². The van der Waals surface area contributed by atoms with Crippen molar-refractivity contribution in [3.63, 3.8) is 0 Å². The molecule has 0 saturated carbocycles. The van der Waals surface area contributed by atoms with Gasteiger partial charge in [0.15, 0.2) is 0 Å². The van der Waals surface area contributed by atoms with Crippen molar-refractivity contribution < 1.29 is 9.59 Å². The van der Waals surface area contributed by atoms with Crippen molar-refractivity contribution in [2.24, 2.45) is 5.73 Å². The van der Waals surface area contributed by atoms with E-state index in [4.69, 9.17) is 5.73 Å². The van der Waals surface area contributed by atoms with Gasteiger partial charge < -0.3 is 10.6 Å². The van der Waals surface area contributed by atoms with E-state index in [1.165, 1.54) is 0 Å². The summed E-state index contributed by atoms with van der Waals surface area (Å²) in [6.45, 7) is 6.49. The highest BCUT2D eigenvalue weighted by Gasteiger charge is 2.36. The summed E-state index contributed by atoms with van der Waals surface area (Å²) in [5.74, 6) is -0.0797. The first-order valence-electron chi connectivity index (χ1n) is 8.89. The first-order chi connectivity index (χ1) is 11.5. The summed E-state index contributed by atoms with van der Waals surface area (Å²) in [4.78, 5) is 28.6. The zero-order valence-electron chi connectivity index (χ0n) is 14.6. The maximum absolute atomic E-state index is 12.8. The minimum Gasteiger partial charge on any atom is -0.368 e. The quantitative estimate of drug-likeness (QED) is 0.920. The van der Waals surface area contributed by atoms with Gasteiger partial charge >= 0.3 is 0 Å². The van der Waals surface area contributed by atoms with Gasteiger partial charge in [0.1, 0.15) is 0 Å². The number of aryl methyl sites for hydroxylation is 1. The first-order valence-corrected chi connectivity index (χ1v) is 8.89. The predicted molar refractivity (Wildman–Crippen MR) is 93.8 cm³/mol. The fourth-order valence-electron chi connectivity index (χ4n) is 4.09. The molecule has 0 aliphatic carbocycles. The van der Waals surface area contributed by atoms with E-state index in [2.05, 4.69) is 4.90 Å². The van der Waals surface area contributed by atoms with Crippen molar-refractivity contribution in [1.29, 1.82) is 0 Å². The van der Waals surface area contributed by atoms with Crippen LogP contribution in [0, 0.1) is 13.8 Å². The molecule has 130 valence electrons.